The normalized spacial score (nSPS) is 22.2. The van der Waals surface area contributed by atoms with Crippen molar-refractivity contribution in [1.29, 1.82) is 0 Å². The average molecular weight is 303 g/mol. The van der Waals surface area contributed by atoms with E-state index >= 15 is 0 Å². The number of aliphatic hydroxyl groups excluding tert-OH is 1. The second kappa shape index (κ2) is 5.90. The number of nitrogens with zero attached hydrogens (tertiary/aromatic N) is 1. The molecule has 1 amide bonds. The molecule has 7 heteroatoms. The number of aliphatic imine (C=N–C) groups is 1. The van der Waals surface area contributed by atoms with Crippen LogP contribution in [-0.4, -0.2) is 35.0 Å². The van der Waals surface area contributed by atoms with Crippen molar-refractivity contribution >= 4 is 40.0 Å². The van der Waals surface area contributed by atoms with E-state index in [2.05, 4.69) is 10.3 Å². The Morgan fingerprint density at radius 3 is 3.05 bits per heavy atom. The van der Waals surface area contributed by atoms with E-state index in [0.29, 0.717) is 5.04 Å². The van der Waals surface area contributed by atoms with Gasteiger partial charge in [0, 0.05) is 0 Å². The number of hydrogen-bond donors (Lipinski definition) is 2. The molecule has 4 nitrogen and oxygen atoms in total. The minimum absolute atomic E-state index is 0.147. The Balaban J connectivity index is 2.17. The van der Waals surface area contributed by atoms with Gasteiger partial charge >= 0.3 is 0 Å². The van der Waals surface area contributed by atoms with E-state index in [9.17, 15) is 14.3 Å². The van der Waals surface area contributed by atoms with E-state index < -0.39 is 23.7 Å². The molecule has 2 unspecified atom stereocenters. The quantitative estimate of drug-likeness (QED) is 0.880. The van der Waals surface area contributed by atoms with Crippen LogP contribution in [0, 0.1) is 11.7 Å². The Kier molecular flexibility index (Phi) is 4.44. The van der Waals surface area contributed by atoms with Gasteiger partial charge in [-0.25, -0.2) is 4.39 Å². The molecule has 2 rings (SSSR count). The molecule has 0 aromatic heterocycles. The molecule has 1 aliphatic rings. The number of benzene rings is 1. The highest BCUT2D eigenvalue weighted by Gasteiger charge is 2.36. The van der Waals surface area contributed by atoms with Gasteiger partial charge in [0.1, 0.15) is 11.7 Å². The van der Waals surface area contributed by atoms with Crippen molar-refractivity contribution < 1.29 is 14.3 Å². The van der Waals surface area contributed by atoms with Gasteiger partial charge in [-0.2, -0.15) is 0 Å². The van der Waals surface area contributed by atoms with Gasteiger partial charge in [0.15, 0.2) is 0 Å². The number of nitrogens with one attached hydrogen (secondary N) is 1. The monoisotopic (exact) mass is 302 g/mol. The minimum Gasteiger partial charge on any atom is -0.390 e. The Labute approximate surface area is 119 Å². The van der Waals surface area contributed by atoms with Crippen molar-refractivity contribution in [2.24, 2.45) is 10.9 Å². The van der Waals surface area contributed by atoms with E-state index in [-0.39, 0.29) is 17.3 Å². The summed E-state index contributed by atoms with van der Waals surface area (Å²) in [4.78, 5) is 16.2. The number of carbonyl (C=O) groups excluding carboxylic acids is 1. The third-order valence-electron chi connectivity index (χ3n) is 2.79. The highest BCUT2D eigenvalue weighted by molar-refractivity contribution is 8.13. The Hall–Kier alpha value is -1.11. The summed E-state index contributed by atoms with van der Waals surface area (Å²) in [5, 5.41) is 12.7. The van der Waals surface area contributed by atoms with Crippen molar-refractivity contribution in [2.75, 3.05) is 18.1 Å². The lowest BCUT2D eigenvalue weighted by Crippen LogP contribution is -2.34. The first kappa shape index (κ1) is 14.3. The van der Waals surface area contributed by atoms with Crippen LogP contribution in [-0.2, 0) is 4.79 Å². The molecule has 102 valence electrons. The smallest absolute Gasteiger partial charge is 0.236 e. The lowest BCUT2D eigenvalue weighted by atomic mass is 10.1. The summed E-state index contributed by atoms with van der Waals surface area (Å²) in [6, 6.07) is 4.16. The fourth-order valence-corrected chi connectivity index (χ4v) is 2.74. The third-order valence-corrected chi connectivity index (χ3v) is 3.97. The maximum atomic E-state index is 13.3. The maximum absolute atomic E-state index is 13.3. The number of halogens is 2. The molecular formula is C12H12ClFN2O2S. The molecule has 2 N–H and O–H groups in total. The van der Waals surface area contributed by atoms with Gasteiger partial charge in [-0.15, -0.1) is 11.8 Å². The molecule has 0 aliphatic carbocycles. The predicted molar refractivity (Wildman–Crippen MR) is 75.4 cm³/mol. The van der Waals surface area contributed by atoms with Gasteiger partial charge in [0.25, 0.3) is 0 Å². The molecular weight excluding hydrogens is 291 g/mol. The van der Waals surface area contributed by atoms with E-state index in [4.69, 9.17) is 11.6 Å². The van der Waals surface area contributed by atoms with E-state index in [0.717, 1.165) is 0 Å². The summed E-state index contributed by atoms with van der Waals surface area (Å²) in [5.74, 6) is -1.77. The SMILES string of the molecule is CSC1=NCC(O)C1C(=O)Nc1cccc(F)c1Cl. The number of carbonyl (C=O) groups is 1. The molecule has 0 bridgehead atoms. The first-order valence-electron chi connectivity index (χ1n) is 5.56. The highest BCUT2D eigenvalue weighted by Crippen LogP contribution is 2.27. The van der Waals surface area contributed by atoms with Crippen LogP contribution in [0.5, 0.6) is 0 Å². The van der Waals surface area contributed by atoms with Gasteiger partial charge in [-0.1, -0.05) is 17.7 Å². The zero-order chi connectivity index (χ0) is 14.0. The van der Waals surface area contributed by atoms with Crippen LogP contribution < -0.4 is 5.32 Å². The van der Waals surface area contributed by atoms with Crippen molar-refractivity contribution in [1.82, 2.24) is 0 Å². The molecule has 1 aromatic rings. The largest absolute Gasteiger partial charge is 0.390 e. The molecule has 19 heavy (non-hydrogen) atoms. The van der Waals surface area contributed by atoms with E-state index in [1.54, 1.807) is 6.26 Å². The summed E-state index contributed by atoms with van der Waals surface area (Å²) in [5.41, 5.74) is 0.186. The lowest BCUT2D eigenvalue weighted by molar-refractivity contribution is -0.120. The molecule has 0 saturated carbocycles. The van der Waals surface area contributed by atoms with E-state index in [1.807, 2.05) is 0 Å². The van der Waals surface area contributed by atoms with Crippen molar-refractivity contribution in [2.45, 2.75) is 6.10 Å². The first-order chi connectivity index (χ1) is 9.04. The van der Waals surface area contributed by atoms with Crippen LogP contribution in [0.15, 0.2) is 23.2 Å². The number of rotatable bonds is 2. The van der Waals surface area contributed by atoms with Crippen LogP contribution in [0.4, 0.5) is 10.1 Å². The summed E-state index contributed by atoms with van der Waals surface area (Å²) < 4.78 is 13.3. The first-order valence-corrected chi connectivity index (χ1v) is 7.16. The van der Waals surface area contributed by atoms with Crippen LogP contribution in [0.2, 0.25) is 5.02 Å². The number of anilines is 1. The molecule has 1 aliphatic heterocycles. The molecule has 1 heterocycles. The lowest BCUT2D eigenvalue weighted by Gasteiger charge is -2.16. The second-order valence-corrected chi connectivity index (χ2v) is 5.22. The summed E-state index contributed by atoms with van der Waals surface area (Å²) in [6.07, 6.45) is 0.932. The molecule has 0 fully saturated rings. The highest BCUT2D eigenvalue weighted by atomic mass is 35.5. The van der Waals surface area contributed by atoms with Crippen LogP contribution >= 0.6 is 23.4 Å². The molecule has 2 atom stereocenters. The minimum atomic E-state index is -0.852. The van der Waals surface area contributed by atoms with Crippen molar-refractivity contribution in [3.8, 4) is 0 Å². The number of hydrogen-bond acceptors (Lipinski definition) is 4. The van der Waals surface area contributed by atoms with Crippen LogP contribution in [0.3, 0.4) is 0 Å². The molecule has 0 spiro atoms. The average Bonchev–Trinajstić information content (AvgIpc) is 2.76. The number of thioether (sulfide) groups is 1. The fourth-order valence-electron chi connectivity index (χ4n) is 1.84. The van der Waals surface area contributed by atoms with Gasteiger partial charge < -0.3 is 10.4 Å². The summed E-state index contributed by atoms with van der Waals surface area (Å²) in [6.45, 7) is 0.200. The van der Waals surface area contributed by atoms with Crippen molar-refractivity contribution in [3.05, 3.63) is 29.0 Å². The zero-order valence-corrected chi connectivity index (χ0v) is 11.6. The van der Waals surface area contributed by atoms with Crippen LogP contribution in [0.1, 0.15) is 0 Å². The van der Waals surface area contributed by atoms with Crippen molar-refractivity contribution in [3.63, 3.8) is 0 Å². The number of aliphatic hydroxyl groups is 1. The Bertz CT molecular complexity index is 538. The zero-order valence-electron chi connectivity index (χ0n) is 10.1. The van der Waals surface area contributed by atoms with Gasteiger partial charge in [0.05, 0.1) is 28.4 Å². The second-order valence-electron chi connectivity index (χ2n) is 4.02. The maximum Gasteiger partial charge on any atom is 0.236 e. The predicted octanol–water partition coefficient (Wildman–Crippen LogP) is 2.17. The summed E-state index contributed by atoms with van der Waals surface area (Å²) >= 11 is 7.08. The molecule has 1 aromatic carbocycles. The van der Waals surface area contributed by atoms with Gasteiger partial charge in [0.2, 0.25) is 5.91 Å². The van der Waals surface area contributed by atoms with Gasteiger partial charge in [-0.05, 0) is 18.4 Å². The summed E-state index contributed by atoms with van der Waals surface area (Å²) in [7, 11) is 0. The Morgan fingerprint density at radius 1 is 1.63 bits per heavy atom. The van der Waals surface area contributed by atoms with Gasteiger partial charge in [-0.3, -0.25) is 9.79 Å². The topological polar surface area (TPSA) is 61.7 Å². The molecule has 0 saturated heterocycles. The standard InChI is InChI=1S/C12H12ClFN2O2S/c1-19-12-9(8(17)5-15-12)11(18)16-7-4-2-3-6(14)10(7)13/h2-4,8-9,17H,5H2,1H3,(H,16,18). The fraction of sp³-hybridized carbons (Fsp3) is 0.333. The third kappa shape index (κ3) is 2.91. The van der Waals surface area contributed by atoms with E-state index in [1.165, 1.54) is 30.0 Å². The molecule has 0 radical (unpaired) electrons. The Morgan fingerprint density at radius 2 is 2.37 bits per heavy atom. The van der Waals surface area contributed by atoms with Crippen LogP contribution in [0.25, 0.3) is 0 Å². The number of amides is 1.